The third kappa shape index (κ3) is 11.9. The zero-order chi connectivity index (χ0) is 9.94. The van der Waals surface area contributed by atoms with Gasteiger partial charge in [0.05, 0.1) is 20.6 Å². The molecule has 13 heavy (non-hydrogen) atoms. The number of rotatable bonds is 9. The van der Waals surface area contributed by atoms with E-state index in [4.69, 9.17) is 4.74 Å². The first kappa shape index (κ1) is 12.9. The maximum absolute atomic E-state index is 5.00. The van der Waals surface area contributed by atoms with Crippen LogP contribution in [0.3, 0.4) is 0 Å². The summed E-state index contributed by atoms with van der Waals surface area (Å²) in [7, 11) is 6.22. The first-order valence-electron chi connectivity index (χ1n) is 5.55. The molecule has 0 fully saturated rings. The van der Waals surface area contributed by atoms with Crippen LogP contribution in [0, 0.1) is 0 Å². The standard InChI is InChI=1S/C11H25NO/c1-12(2)10-8-6-4-5-7-9-11-13-3/h4-11H2,1-3H3/p+1. The molecule has 0 aliphatic rings. The maximum atomic E-state index is 5.00. The average molecular weight is 188 g/mol. The minimum absolute atomic E-state index is 0.932. The van der Waals surface area contributed by atoms with Crippen LogP contribution in [-0.2, 0) is 4.74 Å². The van der Waals surface area contributed by atoms with E-state index in [1.165, 1.54) is 45.1 Å². The highest BCUT2D eigenvalue weighted by molar-refractivity contribution is 4.44. The second-order valence-electron chi connectivity index (χ2n) is 4.07. The molecule has 0 radical (unpaired) electrons. The summed E-state index contributed by atoms with van der Waals surface area (Å²) in [6.45, 7) is 2.25. The third-order valence-corrected chi connectivity index (χ3v) is 2.28. The van der Waals surface area contributed by atoms with Gasteiger partial charge in [-0.2, -0.15) is 0 Å². The largest absolute Gasteiger partial charge is 0.385 e. The Kier molecular flexibility index (Phi) is 9.94. The molecule has 0 aromatic heterocycles. The third-order valence-electron chi connectivity index (χ3n) is 2.28. The molecule has 0 unspecified atom stereocenters. The first-order valence-corrected chi connectivity index (χ1v) is 5.55. The SMILES string of the molecule is COCCCCCCCC[NH+](C)C. The van der Waals surface area contributed by atoms with Crippen LogP contribution in [0.5, 0.6) is 0 Å². The van der Waals surface area contributed by atoms with E-state index in [0.717, 1.165) is 6.61 Å². The summed E-state index contributed by atoms with van der Waals surface area (Å²) < 4.78 is 5.00. The lowest BCUT2D eigenvalue weighted by Crippen LogP contribution is -3.05. The van der Waals surface area contributed by atoms with Crippen molar-refractivity contribution in [1.29, 1.82) is 0 Å². The summed E-state index contributed by atoms with van der Waals surface area (Å²) in [6, 6.07) is 0. The zero-order valence-corrected chi connectivity index (χ0v) is 9.57. The smallest absolute Gasteiger partial charge is 0.0766 e. The molecule has 0 aromatic rings. The minimum Gasteiger partial charge on any atom is -0.385 e. The van der Waals surface area contributed by atoms with Crippen LogP contribution in [0.2, 0.25) is 0 Å². The van der Waals surface area contributed by atoms with Crippen molar-refractivity contribution >= 4 is 0 Å². The fraction of sp³-hybridized carbons (Fsp3) is 1.00. The van der Waals surface area contributed by atoms with Gasteiger partial charge < -0.3 is 9.64 Å². The molecule has 0 amide bonds. The van der Waals surface area contributed by atoms with Gasteiger partial charge in [-0.25, -0.2) is 0 Å². The van der Waals surface area contributed by atoms with Gasteiger partial charge in [-0.3, -0.25) is 0 Å². The monoisotopic (exact) mass is 188 g/mol. The van der Waals surface area contributed by atoms with E-state index >= 15 is 0 Å². The van der Waals surface area contributed by atoms with Crippen LogP contribution in [0.15, 0.2) is 0 Å². The number of hydrogen-bond donors (Lipinski definition) is 1. The van der Waals surface area contributed by atoms with Gasteiger partial charge in [0.2, 0.25) is 0 Å². The van der Waals surface area contributed by atoms with Crippen molar-refractivity contribution in [3.05, 3.63) is 0 Å². The van der Waals surface area contributed by atoms with Gasteiger partial charge in [0.15, 0.2) is 0 Å². The average Bonchev–Trinajstić information content (AvgIpc) is 2.09. The minimum atomic E-state index is 0.932. The molecular weight excluding hydrogens is 162 g/mol. The lowest BCUT2D eigenvalue weighted by molar-refractivity contribution is -0.858. The van der Waals surface area contributed by atoms with E-state index in [9.17, 15) is 0 Å². The van der Waals surface area contributed by atoms with Gasteiger partial charge in [0, 0.05) is 13.7 Å². The fourth-order valence-corrected chi connectivity index (χ4v) is 1.43. The molecule has 2 heteroatoms. The Labute approximate surface area is 83.3 Å². The Morgan fingerprint density at radius 1 is 0.846 bits per heavy atom. The summed E-state index contributed by atoms with van der Waals surface area (Å²) >= 11 is 0. The van der Waals surface area contributed by atoms with Crippen molar-refractivity contribution in [2.75, 3.05) is 34.4 Å². The van der Waals surface area contributed by atoms with Gasteiger partial charge in [-0.1, -0.05) is 19.3 Å². The number of unbranched alkanes of at least 4 members (excludes halogenated alkanes) is 5. The quantitative estimate of drug-likeness (QED) is 0.535. The zero-order valence-electron chi connectivity index (χ0n) is 9.57. The van der Waals surface area contributed by atoms with Crippen molar-refractivity contribution in [2.45, 2.75) is 38.5 Å². The molecular formula is C11H26NO+. The molecule has 0 aliphatic carbocycles. The second kappa shape index (κ2) is 10.0. The predicted molar refractivity (Wildman–Crippen MR) is 57.3 cm³/mol. The summed E-state index contributed by atoms with van der Waals surface area (Å²) in [5, 5.41) is 0. The molecule has 80 valence electrons. The highest BCUT2D eigenvalue weighted by Gasteiger charge is 1.94. The Morgan fingerprint density at radius 3 is 1.92 bits per heavy atom. The molecule has 0 bridgehead atoms. The fourth-order valence-electron chi connectivity index (χ4n) is 1.43. The van der Waals surface area contributed by atoms with Crippen LogP contribution >= 0.6 is 0 Å². The number of ether oxygens (including phenoxy) is 1. The lowest BCUT2D eigenvalue weighted by Gasteiger charge is -2.06. The van der Waals surface area contributed by atoms with Gasteiger partial charge in [0.1, 0.15) is 0 Å². The second-order valence-corrected chi connectivity index (χ2v) is 4.07. The summed E-state index contributed by atoms with van der Waals surface area (Å²) in [4.78, 5) is 1.57. The number of nitrogens with one attached hydrogen (secondary N) is 1. The van der Waals surface area contributed by atoms with Crippen molar-refractivity contribution in [1.82, 2.24) is 0 Å². The summed E-state index contributed by atoms with van der Waals surface area (Å²) in [5.74, 6) is 0. The normalized spacial score (nSPS) is 11.1. The lowest BCUT2D eigenvalue weighted by atomic mass is 10.1. The topological polar surface area (TPSA) is 13.7 Å². The van der Waals surface area contributed by atoms with Crippen molar-refractivity contribution < 1.29 is 9.64 Å². The molecule has 0 atom stereocenters. The van der Waals surface area contributed by atoms with E-state index in [0.29, 0.717) is 0 Å². The molecule has 2 nitrogen and oxygen atoms in total. The molecule has 0 saturated heterocycles. The van der Waals surface area contributed by atoms with E-state index < -0.39 is 0 Å². The molecule has 0 aromatic carbocycles. The number of methoxy groups -OCH3 is 1. The molecule has 0 spiro atoms. The Balaban J connectivity index is 2.84. The number of hydrogen-bond acceptors (Lipinski definition) is 1. The van der Waals surface area contributed by atoms with Crippen molar-refractivity contribution in [3.8, 4) is 0 Å². The van der Waals surface area contributed by atoms with Gasteiger partial charge in [-0.15, -0.1) is 0 Å². The van der Waals surface area contributed by atoms with Crippen LogP contribution < -0.4 is 4.90 Å². The summed E-state index contributed by atoms with van der Waals surface area (Å²) in [6.07, 6.45) is 8.13. The number of quaternary nitrogens is 1. The van der Waals surface area contributed by atoms with Gasteiger partial charge in [-0.05, 0) is 19.3 Å². The van der Waals surface area contributed by atoms with E-state index in [2.05, 4.69) is 14.1 Å². The highest BCUT2D eigenvalue weighted by Crippen LogP contribution is 2.04. The Hall–Kier alpha value is -0.0800. The Morgan fingerprint density at radius 2 is 1.38 bits per heavy atom. The van der Waals surface area contributed by atoms with Crippen molar-refractivity contribution in [3.63, 3.8) is 0 Å². The summed E-state index contributed by atoms with van der Waals surface area (Å²) in [5.41, 5.74) is 0. The molecule has 0 rings (SSSR count). The van der Waals surface area contributed by atoms with Crippen molar-refractivity contribution in [2.24, 2.45) is 0 Å². The Bertz CT molecular complexity index is 94.1. The van der Waals surface area contributed by atoms with Crippen LogP contribution in [-0.4, -0.2) is 34.4 Å². The highest BCUT2D eigenvalue weighted by atomic mass is 16.5. The first-order chi connectivity index (χ1) is 6.27. The maximum Gasteiger partial charge on any atom is 0.0766 e. The molecule has 1 N–H and O–H groups in total. The van der Waals surface area contributed by atoms with Crippen LogP contribution in [0.1, 0.15) is 38.5 Å². The van der Waals surface area contributed by atoms with Gasteiger partial charge in [0.25, 0.3) is 0 Å². The predicted octanol–water partition coefficient (Wildman–Crippen LogP) is 1.12. The van der Waals surface area contributed by atoms with E-state index in [1.54, 1.807) is 12.0 Å². The molecule has 0 aliphatic heterocycles. The molecule has 0 heterocycles. The van der Waals surface area contributed by atoms with Crippen LogP contribution in [0.25, 0.3) is 0 Å². The van der Waals surface area contributed by atoms with Gasteiger partial charge >= 0.3 is 0 Å². The molecule has 0 saturated carbocycles. The van der Waals surface area contributed by atoms with E-state index in [1.807, 2.05) is 0 Å². The van der Waals surface area contributed by atoms with E-state index in [-0.39, 0.29) is 0 Å². The van der Waals surface area contributed by atoms with Crippen LogP contribution in [0.4, 0.5) is 0 Å².